The van der Waals surface area contributed by atoms with Gasteiger partial charge in [0.05, 0.1) is 0 Å². The summed E-state index contributed by atoms with van der Waals surface area (Å²) in [4.78, 5) is 38.6. The Morgan fingerprint density at radius 1 is 1.10 bits per heavy atom. The Morgan fingerprint density at radius 3 is 2.47 bits per heavy atom. The highest BCUT2D eigenvalue weighted by atomic mass is 127. The molecule has 1 aliphatic rings. The van der Waals surface area contributed by atoms with Crippen LogP contribution < -0.4 is 11.1 Å². The van der Waals surface area contributed by atoms with Gasteiger partial charge in [0.1, 0.15) is 18.7 Å². The van der Waals surface area contributed by atoms with Crippen LogP contribution in [0.1, 0.15) is 24.0 Å². The fourth-order valence-corrected chi connectivity index (χ4v) is 3.77. The second kappa shape index (κ2) is 10.4. The summed E-state index contributed by atoms with van der Waals surface area (Å²) >= 11 is 2.20. The highest BCUT2D eigenvalue weighted by Crippen LogP contribution is 2.19. The fourth-order valence-electron chi connectivity index (χ4n) is 3.41. The predicted octanol–water partition coefficient (Wildman–Crippen LogP) is 2.60. The lowest BCUT2D eigenvalue weighted by Gasteiger charge is -2.25. The Hall–Kier alpha value is -2.62. The summed E-state index contributed by atoms with van der Waals surface area (Å²) in [6, 6.07) is 15.5. The van der Waals surface area contributed by atoms with Gasteiger partial charge in [-0.3, -0.25) is 14.5 Å². The molecular formula is C22H24IN3O4. The van der Waals surface area contributed by atoms with E-state index in [9.17, 15) is 14.4 Å². The second-order valence-corrected chi connectivity index (χ2v) is 8.43. The fraction of sp³-hybridized carbons (Fsp3) is 0.318. The molecule has 1 aliphatic heterocycles. The summed E-state index contributed by atoms with van der Waals surface area (Å²) in [7, 11) is 0. The SMILES string of the molecule is NC(=O)[C@H](Cc1ccc(I)cc1)NC(=O)[C@H]1CCCN1C(=O)OCc1ccccc1. The third-order valence-electron chi connectivity index (χ3n) is 5.01. The van der Waals surface area contributed by atoms with Crippen molar-refractivity contribution in [1.82, 2.24) is 10.2 Å². The van der Waals surface area contributed by atoms with Crippen LogP contribution in [0.5, 0.6) is 0 Å². The van der Waals surface area contributed by atoms with Crippen molar-refractivity contribution in [2.75, 3.05) is 6.54 Å². The number of halogens is 1. The summed E-state index contributed by atoms with van der Waals surface area (Å²) in [5.74, 6) is -1.00. The molecule has 8 heteroatoms. The van der Waals surface area contributed by atoms with Gasteiger partial charge in [-0.1, -0.05) is 42.5 Å². The maximum absolute atomic E-state index is 12.8. The number of hydrogen-bond acceptors (Lipinski definition) is 4. The monoisotopic (exact) mass is 521 g/mol. The van der Waals surface area contributed by atoms with Gasteiger partial charge < -0.3 is 15.8 Å². The summed E-state index contributed by atoms with van der Waals surface area (Å²) in [5.41, 5.74) is 7.27. The van der Waals surface area contributed by atoms with Crippen molar-refractivity contribution >= 4 is 40.5 Å². The molecule has 0 bridgehead atoms. The standard InChI is InChI=1S/C22H24IN3O4/c23-17-10-8-15(9-11-17)13-18(20(24)27)25-21(28)19-7-4-12-26(19)22(29)30-14-16-5-2-1-3-6-16/h1-3,5-6,8-11,18-19H,4,7,12-14H2,(H2,24,27)(H,25,28)/t18-,19+/m0/s1. The first-order chi connectivity index (χ1) is 14.4. The van der Waals surface area contributed by atoms with Crippen LogP contribution >= 0.6 is 22.6 Å². The molecule has 1 saturated heterocycles. The molecule has 2 aromatic rings. The van der Waals surface area contributed by atoms with Crippen LogP contribution in [0.2, 0.25) is 0 Å². The van der Waals surface area contributed by atoms with Gasteiger partial charge in [0.25, 0.3) is 0 Å². The zero-order valence-electron chi connectivity index (χ0n) is 16.4. The van der Waals surface area contributed by atoms with Crippen LogP contribution in [0, 0.1) is 3.57 Å². The molecule has 0 radical (unpaired) electrons. The number of nitrogens with zero attached hydrogens (tertiary/aromatic N) is 1. The molecular weight excluding hydrogens is 497 g/mol. The van der Waals surface area contributed by atoms with Crippen molar-refractivity contribution in [1.29, 1.82) is 0 Å². The van der Waals surface area contributed by atoms with E-state index in [0.717, 1.165) is 14.7 Å². The molecule has 1 fully saturated rings. The molecule has 0 saturated carbocycles. The van der Waals surface area contributed by atoms with Gasteiger partial charge >= 0.3 is 6.09 Å². The van der Waals surface area contributed by atoms with Gasteiger partial charge in [0.2, 0.25) is 11.8 Å². The highest BCUT2D eigenvalue weighted by molar-refractivity contribution is 14.1. The van der Waals surface area contributed by atoms with Crippen molar-refractivity contribution in [3.63, 3.8) is 0 Å². The van der Waals surface area contributed by atoms with Crippen LogP contribution in [0.15, 0.2) is 54.6 Å². The maximum Gasteiger partial charge on any atom is 0.410 e. The van der Waals surface area contributed by atoms with Crippen LogP contribution in [0.25, 0.3) is 0 Å². The van der Waals surface area contributed by atoms with E-state index in [2.05, 4.69) is 27.9 Å². The quantitative estimate of drug-likeness (QED) is 0.547. The third-order valence-corrected chi connectivity index (χ3v) is 5.73. The lowest BCUT2D eigenvalue weighted by atomic mass is 10.0. The van der Waals surface area contributed by atoms with Crippen molar-refractivity contribution in [2.45, 2.75) is 38.0 Å². The van der Waals surface area contributed by atoms with Gasteiger partial charge in [-0.2, -0.15) is 0 Å². The van der Waals surface area contributed by atoms with E-state index in [0.29, 0.717) is 25.8 Å². The molecule has 2 atom stereocenters. The van der Waals surface area contributed by atoms with E-state index in [1.165, 1.54) is 4.90 Å². The topological polar surface area (TPSA) is 102 Å². The van der Waals surface area contributed by atoms with E-state index in [-0.39, 0.29) is 6.61 Å². The Morgan fingerprint density at radius 2 is 1.80 bits per heavy atom. The number of nitrogens with one attached hydrogen (secondary N) is 1. The summed E-state index contributed by atoms with van der Waals surface area (Å²) in [5, 5.41) is 2.72. The number of hydrogen-bond donors (Lipinski definition) is 2. The number of carbonyl (C=O) groups excluding carboxylic acids is 3. The number of primary amides is 1. The zero-order chi connectivity index (χ0) is 21.5. The molecule has 0 aliphatic carbocycles. The first kappa shape index (κ1) is 22.1. The minimum atomic E-state index is -0.847. The van der Waals surface area contributed by atoms with Gasteiger partial charge in [0, 0.05) is 16.5 Å². The van der Waals surface area contributed by atoms with Crippen molar-refractivity contribution in [2.24, 2.45) is 5.73 Å². The van der Waals surface area contributed by atoms with Crippen LogP contribution in [-0.4, -0.2) is 41.4 Å². The molecule has 7 nitrogen and oxygen atoms in total. The molecule has 0 aromatic heterocycles. The Bertz CT molecular complexity index is 889. The molecule has 158 valence electrons. The van der Waals surface area contributed by atoms with E-state index in [1.807, 2.05) is 54.6 Å². The number of amides is 3. The number of nitrogens with two attached hydrogens (primary N) is 1. The maximum atomic E-state index is 12.8. The van der Waals surface area contributed by atoms with Crippen molar-refractivity contribution in [3.05, 3.63) is 69.3 Å². The van der Waals surface area contributed by atoms with Crippen LogP contribution in [0.3, 0.4) is 0 Å². The predicted molar refractivity (Wildman–Crippen MR) is 120 cm³/mol. The van der Waals surface area contributed by atoms with Gasteiger partial charge in [-0.15, -0.1) is 0 Å². The smallest absolute Gasteiger partial charge is 0.410 e. The number of benzene rings is 2. The number of rotatable bonds is 7. The largest absolute Gasteiger partial charge is 0.445 e. The van der Waals surface area contributed by atoms with E-state index < -0.39 is 30.0 Å². The average molecular weight is 521 g/mol. The van der Waals surface area contributed by atoms with E-state index in [4.69, 9.17) is 10.5 Å². The molecule has 3 amide bonds. The summed E-state index contributed by atoms with van der Waals surface area (Å²) in [6.45, 7) is 0.575. The average Bonchev–Trinajstić information content (AvgIpc) is 3.24. The van der Waals surface area contributed by atoms with Crippen LogP contribution in [-0.2, 0) is 27.4 Å². The molecule has 0 spiro atoms. The first-order valence-corrected chi connectivity index (χ1v) is 10.8. The molecule has 0 unspecified atom stereocenters. The number of ether oxygens (including phenoxy) is 1. The first-order valence-electron chi connectivity index (χ1n) is 9.75. The second-order valence-electron chi connectivity index (χ2n) is 7.19. The number of likely N-dealkylation sites (tertiary alicyclic amines) is 1. The summed E-state index contributed by atoms with van der Waals surface area (Å²) in [6.07, 6.45) is 0.964. The summed E-state index contributed by atoms with van der Waals surface area (Å²) < 4.78 is 6.44. The Labute approximate surface area is 189 Å². The lowest BCUT2D eigenvalue weighted by Crippen LogP contribution is -2.53. The van der Waals surface area contributed by atoms with Gasteiger partial charge in [0.15, 0.2) is 0 Å². The molecule has 3 N–H and O–H groups in total. The van der Waals surface area contributed by atoms with Crippen molar-refractivity contribution < 1.29 is 19.1 Å². The molecule has 2 aromatic carbocycles. The minimum Gasteiger partial charge on any atom is -0.445 e. The van der Waals surface area contributed by atoms with E-state index >= 15 is 0 Å². The molecule has 1 heterocycles. The normalized spacial score (nSPS) is 16.7. The Balaban J connectivity index is 1.59. The van der Waals surface area contributed by atoms with Crippen molar-refractivity contribution in [3.8, 4) is 0 Å². The third kappa shape index (κ3) is 5.94. The lowest BCUT2D eigenvalue weighted by molar-refractivity contribution is -0.130. The zero-order valence-corrected chi connectivity index (χ0v) is 18.6. The van der Waals surface area contributed by atoms with E-state index in [1.54, 1.807) is 0 Å². The van der Waals surface area contributed by atoms with Crippen LogP contribution in [0.4, 0.5) is 4.79 Å². The van der Waals surface area contributed by atoms with Gasteiger partial charge in [-0.05, 0) is 58.7 Å². The number of carbonyl (C=O) groups is 3. The highest BCUT2D eigenvalue weighted by Gasteiger charge is 2.36. The Kier molecular flexibility index (Phi) is 7.67. The minimum absolute atomic E-state index is 0.140. The van der Waals surface area contributed by atoms with Gasteiger partial charge in [-0.25, -0.2) is 4.79 Å². The molecule has 30 heavy (non-hydrogen) atoms. The molecule has 3 rings (SSSR count).